The molecule has 4 heteroatoms. The first kappa shape index (κ1) is 23.9. The number of imidazole rings is 1. The quantitative estimate of drug-likeness (QED) is 0.242. The number of carbonyl (C=O) groups is 1. The largest absolute Gasteiger partial charge is 0.349 e. The van der Waals surface area contributed by atoms with Crippen LogP contribution >= 0.6 is 0 Å². The lowest BCUT2D eigenvalue weighted by Crippen LogP contribution is -2.36. The van der Waals surface area contributed by atoms with Gasteiger partial charge in [0.15, 0.2) is 0 Å². The van der Waals surface area contributed by atoms with Crippen molar-refractivity contribution in [1.82, 2.24) is 14.9 Å². The van der Waals surface area contributed by atoms with Gasteiger partial charge < -0.3 is 9.88 Å². The molecule has 4 aromatic carbocycles. The number of aromatic nitrogens is 2. The van der Waals surface area contributed by atoms with Crippen molar-refractivity contribution in [2.45, 2.75) is 30.8 Å². The molecule has 1 N–H and O–H groups in total. The van der Waals surface area contributed by atoms with Gasteiger partial charge in [-0.3, -0.25) is 4.79 Å². The van der Waals surface area contributed by atoms with Crippen molar-refractivity contribution in [1.29, 1.82) is 0 Å². The molecule has 1 heterocycles. The molecule has 3 atom stereocenters. The molecule has 38 heavy (non-hydrogen) atoms. The Morgan fingerprint density at radius 3 is 1.76 bits per heavy atom. The lowest BCUT2D eigenvalue weighted by molar-refractivity contribution is -0.123. The van der Waals surface area contributed by atoms with E-state index in [-0.39, 0.29) is 23.8 Å². The van der Waals surface area contributed by atoms with Crippen LogP contribution in [-0.4, -0.2) is 15.5 Å². The van der Waals surface area contributed by atoms with Gasteiger partial charge in [-0.2, -0.15) is 0 Å². The van der Waals surface area contributed by atoms with Crippen molar-refractivity contribution >= 4 is 5.91 Å². The fourth-order valence-electron chi connectivity index (χ4n) is 5.66. The molecule has 4 nitrogen and oxygen atoms in total. The molecule has 1 fully saturated rings. The Balaban J connectivity index is 1.35. The van der Waals surface area contributed by atoms with Gasteiger partial charge in [0.1, 0.15) is 5.54 Å². The molecular formula is C34H31N3O. The van der Waals surface area contributed by atoms with Crippen molar-refractivity contribution in [2.24, 2.45) is 5.92 Å². The molecule has 0 saturated heterocycles. The van der Waals surface area contributed by atoms with Crippen molar-refractivity contribution in [3.63, 3.8) is 0 Å². The Hall–Kier alpha value is -4.44. The number of hydrogen-bond acceptors (Lipinski definition) is 2. The lowest BCUT2D eigenvalue weighted by atomic mass is 9.77. The molecule has 0 bridgehead atoms. The highest BCUT2D eigenvalue weighted by Crippen LogP contribution is 2.48. The summed E-state index contributed by atoms with van der Waals surface area (Å²) >= 11 is 0. The second-order valence-electron chi connectivity index (χ2n) is 10.1. The van der Waals surface area contributed by atoms with E-state index in [0.717, 1.165) is 34.4 Å². The molecule has 0 unspecified atom stereocenters. The number of rotatable bonds is 8. The molecule has 1 saturated carbocycles. The summed E-state index contributed by atoms with van der Waals surface area (Å²) in [5.74, 6) is 0.171. The van der Waals surface area contributed by atoms with Crippen LogP contribution < -0.4 is 5.32 Å². The summed E-state index contributed by atoms with van der Waals surface area (Å²) in [5.41, 5.74) is 4.95. The summed E-state index contributed by atoms with van der Waals surface area (Å²) in [6.45, 7) is 2.03. The number of amides is 1. The van der Waals surface area contributed by atoms with E-state index < -0.39 is 5.54 Å². The van der Waals surface area contributed by atoms with Gasteiger partial charge in [0.2, 0.25) is 5.91 Å². The molecule has 0 radical (unpaired) electrons. The fourth-order valence-corrected chi connectivity index (χ4v) is 5.66. The zero-order valence-electron chi connectivity index (χ0n) is 21.4. The topological polar surface area (TPSA) is 46.9 Å². The van der Waals surface area contributed by atoms with Gasteiger partial charge in [0.05, 0.1) is 18.1 Å². The van der Waals surface area contributed by atoms with Crippen molar-refractivity contribution in [2.75, 3.05) is 0 Å². The summed E-state index contributed by atoms with van der Waals surface area (Å²) in [4.78, 5) is 18.0. The van der Waals surface area contributed by atoms with Crippen LogP contribution in [0.2, 0.25) is 0 Å². The van der Waals surface area contributed by atoms with Gasteiger partial charge in [0, 0.05) is 18.0 Å². The van der Waals surface area contributed by atoms with E-state index in [1.54, 1.807) is 0 Å². The van der Waals surface area contributed by atoms with Crippen molar-refractivity contribution in [3.05, 3.63) is 162 Å². The van der Waals surface area contributed by atoms with Gasteiger partial charge in [-0.25, -0.2) is 4.98 Å². The van der Waals surface area contributed by atoms with E-state index in [2.05, 4.69) is 88.9 Å². The van der Waals surface area contributed by atoms with Crippen LogP contribution in [0.5, 0.6) is 0 Å². The maximum Gasteiger partial charge on any atom is 0.224 e. The first-order valence-electron chi connectivity index (χ1n) is 13.2. The normalized spacial score (nSPS) is 17.5. The van der Waals surface area contributed by atoms with Crippen LogP contribution in [0.15, 0.2) is 134 Å². The van der Waals surface area contributed by atoms with E-state index >= 15 is 0 Å². The predicted molar refractivity (Wildman–Crippen MR) is 151 cm³/mol. The van der Waals surface area contributed by atoms with E-state index in [1.165, 1.54) is 0 Å². The maximum absolute atomic E-state index is 13.1. The predicted octanol–water partition coefficient (Wildman–Crippen LogP) is 6.70. The molecule has 188 valence electrons. The minimum Gasteiger partial charge on any atom is -0.349 e. The maximum atomic E-state index is 13.1. The molecule has 0 aliphatic heterocycles. The molecule has 0 spiro atoms. The zero-order chi connectivity index (χ0) is 26.0. The first-order chi connectivity index (χ1) is 18.7. The minimum absolute atomic E-state index is 0.0237. The summed E-state index contributed by atoms with van der Waals surface area (Å²) < 4.78 is 2.22. The van der Waals surface area contributed by atoms with E-state index in [9.17, 15) is 4.79 Å². The Morgan fingerprint density at radius 2 is 1.26 bits per heavy atom. The first-order valence-corrected chi connectivity index (χ1v) is 13.2. The summed E-state index contributed by atoms with van der Waals surface area (Å²) in [6, 6.07) is 41.8. The Morgan fingerprint density at radius 1 is 0.789 bits per heavy atom. The van der Waals surface area contributed by atoms with Crippen LogP contribution in [0.3, 0.4) is 0 Å². The number of nitrogens with zero attached hydrogens (tertiary/aromatic N) is 2. The van der Waals surface area contributed by atoms with Crippen molar-refractivity contribution < 1.29 is 4.79 Å². The lowest BCUT2D eigenvalue weighted by Gasteiger charge is -2.37. The average molecular weight is 498 g/mol. The Bertz CT molecular complexity index is 1400. The van der Waals surface area contributed by atoms with Gasteiger partial charge in [-0.15, -0.1) is 0 Å². The third-order valence-electron chi connectivity index (χ3n) is 7.73. The minimum atomic E-state index is -0.594. The van der Waals surface area contributed by atoms with E-state index in [0.29, 0.717) is 0 Å². The number of benzene rings is 4. The third-order valence-corrected chi connectivity index (χ3v) is 7.73. The monoisotopic (exact) mass is 497 g/mol. The standard InChI is InChI=1S/C34H31N3O/c1-25(26-14-6-2-7-15-26)36-33(38)31-22-30(31)32-23-37(24-35-32)34(27-16-8-3-9-17-27,28-18-10-4-11-19-28)29-20-12-5-13-21-29/h2-21,23-25,30-31H,22H2,1H3,(H,36,38)/t25-,30-,31+/m0/s1. The van der Waals surface area contributed by atoms with Gasteiger partial charge in [0.25, 0.3) is 0 Å². The molecule has 1 aromatic heterocycles. The average Bonchev–Trinajstić information content (AvgIpc) is 3.65. The second-order valence-corrected chi connectivity index (χ2v) is 10.1. The van der Waals surface area contributed by atoms with E-state index in [4.69, 9.17) is 4.98 Å². The zero-order valence-corrected chi connectivity index (χ0v) is 21.4. The SMILES string of the molecule is C[C@H](NC(=O)[C@@H]1C[C@@H]1c1cn(C(c2ccccc2)(c2ccccc2)c2ccccc2)cn1)c1ccccc1. The molecule has 1 aliphatic rings. The fraction of sp³-hybridized carbons (Fsp3) is 0.176. The van der Waals surface area contributed by atoms with Crippen LogP contribution in [0, 0.1) is 5.92 Å². The summed E-state index contributed by atoms with van der Waals surface area (Å²) in [5, 5.41) is 3.20. The van der Waals surface area contributed by atoms with Crippen molar-refractivity contribution in [3.8, 4) is 0 Å². The summed E-state index contributed by atoms with van der Waals surface area (Å²) in [6.07, 6.45) is 4.90. The summed E-state index contributed by atoms with van der Waals surface area (Å²) in [7, 11) is 0. The second kappa shape index (κ2) is 10.1. The van der Waals surface area contributed by atoms with Gasteiger partial charge in [-0.1, -0.05) is 121 Å². The van der Waals surface area contributed by atoms with Gasteiger partial charge in [-0.05, 0) is 35.6 Å². The molecular weight excluding hydrogens is 466 g/mol. The van der Waals surface area contributed by atoms with Crippen LogP contribution in [0.1, 0.15) is 53.3 Å². The van der Waals surface area contributed by atoms with Crippen LogP contribution in [0.4, 0.5) is 0 Å². The number of hydrogen-bond donors (Lipinski definition) is 1. The third kappa shape index (κ3) is 4.32. The Kier molecular flexibility index (Phi) is 6.38. The highest BCUT2D eigenvalue weighted by molar-refractivity contribution is 5.83. The van der Waals surface area contributed by atoms with Crippen LogP contribution in [0.25, 0.3) is 0 Å². The smallest absolute Gasteiger partial charge is 0.224 e. The highest BCUT2D eigenvalue weighted by Gasteiger charge is 2.47. The Labute approximate surface area is 224 Å². The molecule has 5 aromatic rings. The molecule has 1 aliphatic carbocycles. The number of carbonyl (C=O) groups excluding carboxylic acids is 1. The molecule has 1 amide bonds. The van der Waals surface area contributed by atoms with Crippen LogP contribution in [-0.2, 0) is 10.3 Å². The van der Waals surface area contributed by atoms with E-state index in [1.807, 2.05) is 61.8 Å². The van der Waals surface area contributed by atoms with Gasteiger partial charge >= 0.3 is 0 Å². The molecule has 6 rings (SSSR count). The highest BCUT2D eigenvalue weighted by atomic mass is 16.2. The number of nitrogens with one attached hydrogen (secondary N) is 1.